The summed E-state index contributed by atoms with van der Waals surface area (Å²) in [6, 6.07) is 5.87. The highest BCUT2D eigenvalue weighted by Crippen LogP contribution is 2.26. The number of cyclic esters (lactones) is 2. The Labute approximate surface area is 125 Å². The lowest BCUT2D eigenvalue weighted by Gasteiger charge is -2.29. The quantitative estimate of drug-likeness (QED) is 0.460. The number of benzene rings is 1. The molecule has 0 spiro atoms. The Kier molecular flexibility index (Phi) is 3.16. The van der Waals surface area contributed by atoms with Crippen LogP contribution in [0.25, 0.3) is 17.0 Å². The minimum Gasteiger partial charge on any atom is -0.419 e. The molecule has 0 bridgehead atoms. The fraction of sp³-hybridized carbons (Fsp3) is 0.188. The molecule has 0 amide bonds. The Hall–Kier alpha value is -2.76. The zero-order chi connectivity index (χ0) is 15.9. The van der Waals surface area contributed by atoms with Gasteiger partial charge < -0.3 is 9.47 Å². The van der Waals surface area contributed by atoms with Crippen molar-refractivity contribution in [1.29, 1.82) is 0 Å². The van der Waals surface area contributed by atoms with E-state index in [1.165, 1.54) is 38.3 Å². The summed E-state index contributed by atoms with van der Waals surface area (Å²) in [4.78, 5) is 28.0. The number of hydrogen-bond acceptors (Lipinski definition) is 5. The number of fused-ring (bicyclic) bond motifs is 1. The van der Waals surface area contributed by atoms with Gasteiger partial charge in [0.1, 0.15) is 11.4 Å². The van der Waals surface area contributed by atoms with Gasteiger partial charge in [0.05, 0.1) is 5.52 Å². The summed E-state index contributed by atoms with van der Waals surface area (Å²) in [7, 11) is 0. The largest absolute Gasteiger partial charge is 0.419 e. The molecule has 0 unspecified atom stereocenters. The van der Waals surface area contributed by atoms with Gasteiger partial charge in [0.15, 0.2) is 0 Å². The molecule has 0 N–H and O–H groups in total. The van der Waals surface area contributed by atoms with Gasteiger partial charge in [0, 0.05) is 31.0 Å². The van der Waals surface area contributed by atoms with Gasteiger partial charge in [-0.1, -0.05) is 0 Å². The van der Waals surface area contributed by atoms with E-state index in [2.05, 4.69) is 4.98 Å². The molecule has 3 rings (SSSR count). The monoisotopic (exact) mass is 301 g/mol. The first kappa shape index (κ1) is 14.2. The van der Waals surface area contributed by atoms with Crippen LogP contribution in [0, 0.1) is 5.82 Å². The second kappa shape index (κ2) is 4.91. The molecule has 112 valence electrons. The molecule has 0 saturated carbocycles. The summed E-state index contributed by atoms with van der Waals surface area (Å²) >= 11 is 0. The number of pyridine rings is 1. The Morgan fingerprint density at radius 3 is 2.50 bits per heavy atom. The van der Waals surface area contributed by atoms with Gasteiger partial charge in [-0.25, -0.2) is 14.0 Å². The van der Waals surface area contributed by atoms with Crippen molar-refractivity contribution in [3.05, 3.63) is 47.4 Å². The number of aromatic nitrogens is 1. The van der Waals surface area contributed by atoms with Crippen LogP contribution in [0.2, 0.25) is 0 Å². The molecule has 0 atom stereocenters. The summed E-state index contributed by atoms with van der Waals surface area (Å²) in [5.74, 6) is -3.29. The van der Waals surface area contributed by atoms with Crippen LogP contribution < -0.4 is 0 Å². The van der Waals surface area contributed by atoms with Crippen molar-refractivity contribution in [2.75, 3.05) is 0 Å². The SMILES string of the molecule is CC1(C)OC(=O)C(=Cc2ccc(F)c3cccnc23)C(=O)O1. The molecular weight excluding hydrogens is 289 g/mol. The minimum atomic E-state index is -1.30. The fourth-order valence-corrected chi connectivity index (χ4v) is 2.21. The van der Waals surface area contributed by atoms with Crippen molar-refractivity contribution < 1.29 is 23.5 Å². The molecule has 22 heavy (non-hydrogen) atoms. The fourth-order valence-electron chi connectivity index (χ4n) is 2.21. The molecular formula is C16H12FNO4. The van der Waals surface area contributed by atoms with Crippen LogP contribution in [0.4, 0.5) is 4.39 Å². The van der Waals surface area contributed by atoms with Crippen molar-refractivity contribution in [2.24, 2.45) is 0 Å². The van der Waals surface area contributed by atoms with E-state index < -0.39 is 23.5 Å². The third-order valence-corrected chi connectivity index (χ3v) is 3.16. The second-order valence-electron chi connectivity index (χ2n) is 5.27. The Morgan fingerprint density at radius 2 is 1.82 bits per heavy atom. The van der Waals surface area contributed by atoms with Crippen LogP contribution in [-0.4, -0.2) is 22.7 Å². The maximum absolute atomic E-state index is 13.8. The van der Waals surface area contributed by atoms with Gasteiger partial charge in [0.25, 0.3) is 5.79 Å². The number of nitrogens with zero attached hydrogens (tertiary/aromatic N) is 1. The van der Waals surface area contributed by atoms with Gasteiger partial charge in [-0.3, -0.25) is 4.98 Å². The zero-order valence-electron chi connectivity index (χ0n) is 11.9. The van der Waals surface area contributed by atoms with Gasteiger partial charge in [0.2, 0.25) is 0 Å². The molecule has 0 aliphatic carbocycles. The first-order chi connectivity index (χ1) is 10.4. The van der Waals surface area contributed by atoms with E-state index >= 15 is 0 Å². The molecule has 6 heteroatoms. The van der Waals surface area contributed by atoms with Crippen molar-refractivity contribution in [2.45, 2.75) is 19.6 Å². The van der Waals surface area contributed by atoms with E-state index in [0.29, 0.717) is 16.5 Å². The highest BCUT2D eigenvalue weighted by atomic mass is 19.1. The molecule has 0 radical (unpaired) electrons. The van der Waals surface area contributed by atoms with Crippen LogP contribution in [0.15, 0.2) is 36.0 Å². The van der Waals surface area contributed by atoms with E-state index in [-0.39, 0.29) is 5.57 Å². The van der Waals surface area contributed by atoms with Crippen LogP contribution in [0.1, 0.15) is 19.4 Å². The van der Waals surface area contributed by atoms with Gasteiger partial charge >= 0.3 is 11.9 Å². The average molecular weight is 301 g/mol. The first-order valence-electron chi connectivity index (χ1n) is 6.59. The molecule has 2 heterocycles. The number of hydrogen-bond donors (Lipinski definition) is 0. The lowest BCUT2D eigenvalue weighted by Crippen LogP contribution is -2.41. The third-order valence-electron chi connectivity index (χ3n) is 3.16. The predicted molar refractivity (Wildman–Crippen MR) is 75.9 cm³/mol. The molecule has 1 saturated heterocycles. The van der Waals surface area contributed by atoms with Crippen molar-refractivity contribution in [3.8, 4) is 0 Å². The van der Waals surface area contributed by atoms with E-state index in [1.807, 2.05) is 0 Å². The summed E-state index contributed by atoms with van der Waals surface area (Å²) in [6.45, 7) is 2.93. The zero-order valence-corrected chi connectivity index (χ0v) is 11.9. The number of rotatable bonds is 1. The minimum absolute atomic E-state index is 0.252. The van der Waals surface area contributed by atoms with Crippen molar-refractivity contribution in [3.63, 3.8) is 0 Å². The molecule has 1 aromatic carbocycles. The van der Waals surface area contributed by atoms with Crippen molar-refractivity contribution >= 4 is 28.9 Å². The van der Waals surface area contributed by atoms with Crippen LogP contribution in [0.3, 0.4) is 0 Å². The predicted octanol–water partition coefficient (Wildman–Crippen LogP) is 2.59. The van der Waals surface area contributed by atoms with Gasteiger partial charge in [-0.05, 0) is 30.3 Å². The van der Waals surface area contributed by atoms with Crippen LogP contribution >= 0.6 is 0 Å². The van der Waals surface area contributed by atoms with Crippen molar-refractivity contribution in [1.82, 2.24) is 4.98 Å². The summed E-state index contributed by atoms with van der Waals surface area (Å²) in [5, 5.41) is 0.301. The van der Waals surface area contributed by atoms with Crippen LogP contribution in [0.5, 0.6) is 0 Å². The third kappa shape index (κ3) is 2.43. The molecule has 5 nitrogen and oxygen atoms in total. The number of ether oxygens (including phenoxy) is 2. The Balaban J connectivity index is 2.12. The molecule has 1 aliphatic rings. The van der Waals surface area contributed by atoms with E-state index in [4.69, 9.17) is 9.47 Å². The average Bonchev–Trinajstić information content (AvgIpc) is 2.44. The Morgan fingerprint density at radius 1 is 1.14 bits per heavy atom. The highest BCUT2D eigenvalue weighted by molar-refractivity contribution is 6.19. The van der Waals surface area contributed by atoms with E-state index in [9.17, 15) is 14.0 Å². The highest BCUT2D eigenvalue weighted by Gasteiger charge is 2.38. The second-order valence-corrected chi connectivity index (χ2v) is 5.27. The normalized spacial score (nSPS) is 17.1. The standard InChI is InChI=1S/C16H12FNO4/c1-16(2)21-14(19)11(15(20)22-16)8-9-5-6-12(17)10-4-3-7-18-13(9)10/h3-8H,1-2H3. The van der Waals surface area contributed by atoms with Crippen LogP contribution in [-0.2, 0) is 19.1 Å². The topological polar surface area (TPSA) is 65.5 Å². The molecule has 2 aromatic rings. The summed E-state index contributed by atoms with van der Waals surface area (Å²) in [5.41, 5.74) is 0.527. The molecule has 1 fully saturated rings. The maximum atomic E-state index is 13.8. The molecule has 1 aliphatic heterocycles. The lowest BCUT2D eigenvalue weighted by atomic mass is 10.1. The first-order valence-corrected chi connectivity index (χ1v) is 6.59. The number of esters is 2. The number of carbonyl (C=O) groups excluding carboxylic acids is 2. The lowest BCUT2D eigenvalue weighted by molar-refractivity contribution is -0.222. The van der Waals surface area contributed by atoms with E-state index in [1.54, 1.807) is 12.1 Å². The molecule has 1 aromatic heterocycles. The maximum Gasteiger partial charge on any atom is 0.348 e. The van der Waals surface area contributed by atoms with E-state index in [0.717, 1.165) is 0 Å². The Bertz CT molecular complexity index is 804. The van der Waals surface area contributed by atoms with Gasteiger partial charge in [-0.15, -0.1) is 0 Å². The number of carbonyl (C=O) groups is 2. The smallest absolute Gasteiger partial charge is 0.348 e. The summed E-state index contributed by atoms with van der Waals surface area (Å²) in [6.07, 6.45) is 2.80. The summed E-state index contributed by atoms with van der Waals surface area (Å²) < 4.78 is 23.8. The van der Waals surface area contributed by atoms with Gasteiger partial charge in [-0.2, -0.15) is 0 Å². The number of halogens is 1.